The topological polar surface area (TPSA) is 21.3 Å². The van der Waals surface area contributed by atoms with E-state index in [-0.39, 0.29) is 0 Å². The average Bonchev–Trinajstić information content (AvgIpc) is 2.54. The smallest absolute Gasteiger partial charge is 0.120 e. The van der Waals surface area contributed by atoms with Crippen molar-refractivity contribution in [3.05, 3.63) is 29.3 Å². The lowest BCUT2D eigenvalue weighted by atomic mass is 9.85. The van der Waals surface area contributed by atoms with E-state index in [1.165, 1.54) is 62.5 Å². The van der Waals surface area contributed by atoms with Crippen LogP contribution in [0.4, 0.5) is 0 Å². The molecule has 1 N–H and O–H groups in total. The van der Waals surface area contributed by atoms with Crippen LogP contribution >= 0.6 is 0 Å². The first-order chi connectivity index (χ1) is 10.3. The minimum atomic E-state index is 0.439. The quantitative estimate of drug-likeness (QED) is 0.871. The minimum absolute atomic E-state index is 0.439. The lowest BCUT2D eigenvalue weighted by Crippen LogP contribution is -2.24. The number of rotatable bonds is 4. The molecule has 2 heteroatoms. The Morgan fingerprint density at radius 3 is 2.67 bits per heavy atom. The first kappa shape index (κ1) is 14.9. The molecule has 1 fully saturated rings. The summed E-state index contributed by atoms with van der Waals surface area (Å²) in [6.45, 7) is 2.31. The molecule has 116 valence electrons. The van der Waals surface area contributed by atoms with Crippen LogP contribution < -0.4 is 10.1 Å². The van der Waals surface area contributed by atoms with Crippen molar-refractivity contribution < 1.29 is 4.74 Å². The van der Waals surface area contributed by atoms with Gasteiger partial charge < -0.3 is 10.1 Å². The molecule has 1 aromatic carbocycles. The molecule has 0 spiro atoms. The van der Waals surface area contributed by atoms with Gasteiger partial charge in [0, 0.05) is 6.04 Å². The number of fused-ring (bicyclic) bond motifs is 1. The molecule has 1 aromatic rings. The molecular formula is C19H29NO. The second-order valence-corrected chi connectivity index (χ2v) is 6.76. The minimum Gasteiger partial charge on any atom is -0.490 e. The molecule has 2 aliphatic carbocycles. The highest BCUT2D eigenvalue weighted by atomic mass is 16.5. The maximum atomic E-state index is 6.26. The number of ether oxygens (including phenoxy) is 1. The van der Waals surface area contributed by atoms with Gasteiger partial charge in [0.25, 0.3) is 0 Å². The Morgan fingerprint density at radius 1 is 1.14 bits per heavy atom. The third-order valence-electron chi connectivity index (χ3n) is 5.45. The molecule has 2 nitrogen and oxygen atoms in total. The van der Waals surface area contributed by atoms with Crippen LogP contribution in [0.3, 0.4) is 0 Å². The first-order valence-electron chi connectivity index (χ1n) is 8.77. The number of hydrogen-bond acceptors (Lipinski definition) is 2. The van der Waals surface area contributed by atoms with E-state index in [2.05, 4.69) is 37.5 Å². The zero-order valence-corrected chi connectivity index (χ0v) is 13.5. The number of aryl methyl sites for hydroxylation is 1. The Kier molecular flexibility index (Phi) is 4.84. The molecule has 0 saturated heterocycles. The molecule has 0 bridgehead atoms. The van der Waals surface area contributed by atoms with Gasteiger partial charge in [-0.05, 0) is 81.2 Å². The zero-order valence-electron chi connectivity index (χ0n) is 13.5. The fourth-order valence-electron chi connectivity index (χ4n) is 4.01. The molecule has 0 amide bonds. The van der Waals surface area contributed by atoms with Crippen molar-refractivity contribution in [1.82, 2.24) is 5.32 Å². The number of hydrogen-bond donors (Lipinski definition) is 1. The van der Waals surface area contributed by atoms with Gasteiger partial charge in [0.05, 0.1) is 6.10 Å². The Hall–Kier alpha value is -1.02. The van der Waals surface area contributed by atoms with Gasteiger partial charge in [0.1, 0.15) is 5.75 Å². The van der Waals surface area contributed by atoms with Gasteiger partial charge in [-0.2, -0.15) is 0 Å². The van der Waals surface area contributed by atoms with Crippen LogP contribution in [0.25, 0.3) is 0 Å². The van der Waals surface area contributed by atoms with E-state index in [1.54, 1.807) is 0 Å². The molecular weight excluding hydrogens is 258 g/mol. The number of benzene rings is 1. The van der Waals surface area contributed by atoms with Gasteiger partial charge in [-0.15, -0.1) is 0 Å². The van der Waals surface area contributed by atoms with Crippen LogP contribution in [0, 0.1) is 5.92 Å². The van der Waals surface area contributed by atoms with Gasteiger partial charge in [-0.25, -0.2) is 0 Å². The molecule has 1 unspecified atom stereocenters. The van der Waals surface area contributed by atoms with Gasteiger partial charge in [-0.3, -0.25) is 0 Å². The molecule has 0 aliphatic heterocycles. The maximum absolute atomic E-state index is 6.26. The maximum Gasteiger partial charge on any atom is 0.120 e. The van der Waals surface area contributed by atoms with E-state index >= 15 is 0 Å². The normalized spacial score (nSPS) is 29.0. The van der Waals surface area contributed by atoms with E-state index < -0.39 is 0 Å². The molecule has 1 atom stereocenters. The Labute approximate surface area is 129 Å². The van der Waals surface area contributed by atoms with Gasteiger partial charge >= 0.3 is 0 Å². The summed E-state index contributed by atoms with van der Waals surface area (Å²) in [5.41, 5.74) is 2.96. The first-order valence-corrected chi connectivity index (χ1v) is 8.77. The lowest BCUT2D eigenvalue weighted by Gasteiger charge is -2.29. The lowest BCUT2D eigenvalue weighted by molar-refractivity contribution is 0.130. The van der Waals surface area contributed by atoms with Crippen LogP contribution in [0.1, 0.15) is 69.0 Å². The van der Waals surface area contributed by atoms with Crippen LogP contribution in [0.15, 0.2) is 18.2 Å². The highest BCUT2D eigenvalue weighted by Gasteiger charge is 2.23. The number of nitrogens with one attached hydrogen (secondary N) is 1. The Bertz CT molecular complexity index is 463. The van der Waals surface area contributed by atoms with Crippen molar-refractivity contribution in [3.8, 4) is 5.75 Å². The third-order valence-corrected chi connectivity index (χ3v) is 5.45. The summed E-state index contributed by atoms with van der Waals surface area (Å²) in [6.07, 6.45) is 10.7. The fraction of sp³-hybridized carbons (Fsp3) is 0.684. The predicted octanol–water partition coefficient (Wildman–Crippen LogP) is 4.63. The van der Waals surface area contributed by atoms with E-state index in [1.807, 2.05) is 0 Å². The van der Waals surface area contributed by atoms with Crippen molar-refractivity contribution in [3.63, 3.8) is 0 Å². The van der Waals surface area contributed by atoms with Crippen molar-refractivity contribution in [2.24, 2.45) is 5.92 Å². The van der Waals surface area contributed by atoms with Crippen LogP contribution in [-0.2, 0) is 6.42 Å². The van der Waals surface area contributed by atoms with Crippen LogP contribution in [0.2, 0.25) is 0 Å². The average molecular weight is 287 g/mol. The Morgan fingerprint density at radius 2 is 1.95 bits per heavy atom. The SMILES string of the molecule is CCC1CCC(Oc2ccc3c(c2)CCCC3NC)CC1. The fourth-order valence-corrected chi connectivity index (χ4v) is 4.01. The van der Waals surface area contributed by atoms with E-state index in [0.717, 1.165) is 11.7 Å². The summed E-state index contributed by atoms with van der Waals surface area (Å²) in [5.74, 6) is 2.02. The molecule has 0 aromatic heterocycles. The Balaban J connectivity index is 1.64. The van der Waals surface area contributed by atoms with Gasteiger partial charge in [0.2, 0.25) is 0 Å². The summed E-state index contributed by atoms with van der Waals surface area (Å²) < 4.78 is 6.26. The van der Waals surface area contributed by atoms with Crippen molar-refractivity contribution in [1.29, 1.82) is 0 Å². The van der Waals surface area contributed by atoms with Crippen LogP contribution in [-0.4, -0.2) is 13.2 Å². The highest BCUT2D eigenvalue weighted by Crippen LogP contribution is 2.34. The summed E-state index contributed by atoms with van der Waals surface area (Å²) >= 11 is 0. The van der Waals surface area contributed by atoms with E-state index in [0.29, 0.717) is 12.1 Å². The van der Waals surface area contributed by atoms with Crippen LogP contribution in [0.5, 0.6) is 5.75 Å². The monoisotopic (exact) mass is 287 g/mol. The molecule has 2 aliphatic rings. The molecule has 1 saturated carbocycles. The molecule has 21 heavy (non-hydrogen) atoms. The van der Waals surface area contributed by atoms with E-state index in [4.69, 9.17) is 4.74 Å². The molecule has 0 heterocycles. The van der Waals surface area contributed by atoms with Gasteiger partial charge in [-0.1, -0.05) is 19.4 Å². The zero-order chi connectivity index (χ0) is 14.7. The third kappa shape index (κ3) is 3.42. The van der Waals surface area contributed by atoms with Crippen molar-refractivity contribution in [2.75, 3.05) is 7.05 Å². The standard InChI is InChI=1S/C19H29NO/c1-3-14-7-9-16(10-8-14)21-17-11-12-18-15(13-17)5-4-6-19(18)20-2/h11-14,16,19-20H,3-10H2,1-2H3. The largest absolute Gasteiger partial charge is 0.490 e. The second-order valence-electron chi connectivity index (χ2n) is 6.76. The summed E-state index contributed by atoms with van der Waals surface area (Å²) in [4.78, 5) is 0. The highest BCUT2D eigenvalue weighted by molar-refractivity contribution is 5.39. The summed E-state index contributed by atoms with van der Waals surface area (Å²) in [6, 6.07) is 7.29. The molecule has 0 radical (unpaired) electrons. The van der Waals surface area contributed by atoms with E-state index in [9.17, 15) is 0 Å². The van der Waals surface area contributed by atoms with Crippen molar-refractivity contribution >= 4 is 0 Å². The second kappa shape index (κ2) is 6.83. The summed E-state index contributed by atoms with van der Waals surface area (Å²) in [7, 11) is 2.07. The molecule has 3 rings (SSSR count). The summed E-state index contributed by atoms with van der Waals surface area (Å²) in [5, 5.41) is 3.43. The predicted molar refractivity (Wildman–Crippen MR) is 87.8 cm³/mol. The van der Waals surface area contributed by atoms with Crippen molar-refractivity contribution in [2.45, 2.75) is 70.4 Å². The van der Waals surface area contributed by atoms with Gasteiger partial charge in [0.15, 0.2) is 0 Å².